The molecule has 3 nitrogen and oxygen atoms in total. The minimum absolute atomic E-state index is 0.297. The lowest BCUT2D eigenvalue weighted by Gasteiger charge is -2.10. The predicted octanol–water partition coefficient (Wildman–Crippen LogP) is 3.57. The highest BCUT2D eigenvalue weighted by Gasteiger charge is 2.13. The molecule has 4 heteroatoms. The molecule has 1 heterocycles. The summed E-state index contributed by atoms with van der Waals surface area (Å²) in [6, 6.07) is 14.5. The first-order valence-corrected chi connectivity index (χ1v) is 6.32. The quantitative estimate of drug-likeness (QED) is 0.721. The molecule has 0 aliphatic carbocycles. The Kier molecular flexibility index (Phi) is 2.99. The Bertz CT molecular complexity index is 748. The molecule has 100 valence electrons. The van der Waals surface area contributed by atoms with Crippen LogP contribution in [0.3, 0.4) is 0 Å². The molecule has 0 atom stereocenters. The molecule has 0 unspecified atom stereocenters. The van der Waals surface area contributed by atoms with E-state index in [9.17, 15) is 4.39 Å². The Morgan fingerprint density at radius 2 is 1.85 bits per heavy atom. The van der Waals surface area contributed by atoms with Gasteiger partial charge in [-0.1, -0.05) is 18.2 Å². The van der Waals surface area contributed by atoms with Gasteiger partial charge in [0.1, 0.15) is 5.82 Å². The SMILES string of the molecule is Cc1cc(F)c(-c2ccnn2-c2ccccc2)cc1N. The van der Waals surface area contributed by atoms with Gasteiger partial charge in [0.2, 0.25) is 0 Å². The number of hydrogen-bond acceptors (Lipinski definition) is 2. The van der Waals surface area contributed by atoms with E-state index in [1.807, 2.05) is 30.3 Å². The van der Waals surface area contributed by atoms with E-state index in [2.05, 4.69) is 5.10 Å². The summed E-state index contributed by atoms with van der Waals surface area (Å²) in [5.74, 6) is -0.297. The van der Waals surface area contributed by atoms with Crippen molar-refractivity contribution < 1.29 is 4.39 Å². The summed E-state index contributed by atoms with van der Waals surface area (Å²) < 4.78 is 15.9. The highest BCUT2D eigenvalue weighted by molar-refractivity contribution is 5.68. The molecule has 0 bridgehead atoms. The molecule has 3 aromatic rings. The number of nitrogen functional groups attached to an aromatic ring is 1. The molecule has 0 radical (unpaired) electrons. The van der Waals surface area contributed by atoms with Gasteiger partial charge in [0.05, 0.1) is 17.6 Å². The average Bonchev–Trinajstić information content (AvgIpc) is 2.93. The summed E-state index contributed by atoms with van der Waals surface area (Å²) in [6.07, 6.45) is 1.65. The van der Waals surface area contributed by atoms with E-state index in [0.29, 0.717) is 16.9 Å². The fourth-order valence-electron chi connectivity index (χ4n) is 2.17. The Labute approximate surface area is 116 Å². The first-order valence-electron chi connectivity index (χ1n) is 6.32. The van der Waals surface area contributed by atoms with E-state index in [4.69, 9.17) is 5.73 Å². The van der Waals surface area contributed by atoms with Crippen LogP contribution in [0.4, 0.5) is 10.1 Å². The zero-order valence-corrected chi connectivity index (χ0v) is 11.0. The molecule has 0 amide bonds. The third-order valence-corrected chi connectivity index (χ3v) is 3.28. The van der Waals surface area contributed by atoms with E-state index in [1.165, 1.54) is 6.07 Å². The standard InChI is InChI=1S/C16H14FN3/c1-11-9-14(17)13(10-15(11)18)16-7-8-19-20(16)12-5-3-2-4-6-12/h2-10H,18H2,1H3. The van der Waals surface area contributed by atoms with Gasteiger partial charge in [-0.15, -0.1) is 0 Å². The second kappa shape index (κ2) is 4.81. The number of aromatic nitrogens is 2. The number of aryl methyl sites for hydroxylation is 1. The summed E-state index contributed by atoms with van der Waals surface area (Å²) >= 11 is 0. The fourth-order valence-corrected chi connectivity index (χ4v) is 2.17. The molecule has 0 saturated heterocycles. The van der Waals surface area contributed by atoms with Crippen molar-refractivity contribution >= 4 is 5.69 Å². The first-order chi connectivity index (χ1) is 9.66. The van der Waals surface area contributed by atoms with Crippen LogP contribution in [0, 0.1) is 12.7 Å². The minimum atomic E-state index is -0.297. The summed E-state index contributed by atoms with van der Waals surface area (Å²) in [4.78, 5) is 0. The van der Waals surface area contributed by atoms with Crippen molar-refractivity contribution in [1.29, 1.82) is 0 Å². The molecule has 2 aromatic carbocycles. The topological polar surface area (TPSA) is 43.8 Å². The Morgan fingerprint density at radius 1 is 1.10 bits per heavy atom. The van der Waals surface area contributed by atoms with Crippen LogP contribution in [0.2, 0.25) is 0 Å². The Hall–Kier alpha value is -2.62. The maximum Gasteiger partial charge on any atom is 0.133 e. The predicted molar refractivity (Wildman–Crippen MR) is 78.1 cm³/mol. The normalized spacial score (nSPS) is 10.7. The summed E-state index contributed by atoms with van der Waals surface area (Å²) in [6.45, 7) is 1.79. The number of benzene rings is 2. The largest absolute Gasteiger partial charge is 0.398 e. The average molecular weight is 267 g/mol. The van der Waals surface area contributed by atoms with Gasteiger partial charge < -0.3 is 5.73 Å². The summed E-state index contributed by atoms with van der Waals surface area (Å²) in [5, 5.41) is 4.27. The van der Waals surface area contributed by atoms with E-state index < -0.39 is 0 Å². The molecule has 0 fully saturated rings. The zero-order valence-electron chi connectivity index (χ0n) is 11.0. The third kappa shape index (κ3) is 2.05. The van der Waals surface area contributed by atoms with Gasteiger partial charge in [0.25, 0.3) is 0 Å². The van der Waals surface area contributed by atoms with Gasteiger partial charge in [-0.2, -0.15) is 5.10 Å². The van der Waals surface area contributed by atoms with Crippen molar-refractivity contribution in [3.63, 3.8) is 0 Å². The smallest absolute Gasteiger partial charge is 0.133 e. The molecule has 0 aliphatic rings. The molecular weight excluding hydrogens is 253 g/mol. The number of nitrogens with zero attached hydrogens (tertiary/aromatic N) is 2. The van der Waals surface area contributed by atoms with Gasteiger partial charge in [-0.3, -0.25) is 0 Å². The van der Waals surface area contributed by atoms with Gasteiger partial charge in [-0.25, -0.2) is 9.07 Å². The fraction of sp³-hybridized carbons (Fsp3) is 0.0625. The lowest BCUT2D eigenvalue weighted by Crippen LogP contribution is -2.01. The Morgan fingerprint density at radius 3 is 2.60 bits per heavy atom. The van der Waals surface area contributed by atoms with Crippen LogP contribution in [0.25, 0.3) is 16.9 Å². The number of para-hydroxylation sites is 1. The monoisotopic (exact) mass is 267 g/mol. The number of nitrogens with two attached hydrogens (primary N) is 1. The van der Waals surface area contributed by atoms with Gasteiger partial charge >= 0.3 is 0 Å². The van der Waals surface area contributed by atoms with Crippen LogP contribution in [0.5, 0.6) is 0 Å². The zero-order chi connectivity index (χ0) is 14.1. The second-order valence-electron chi connectivity index (χ2n) is 4.65. The third-order valence-electron chi connectivity index (χ3n) is 3.28. The van der Waals surface area contributed by atoms with Crippen molar-refractivity contribution in [2.24, 2.45) is 0 Å². The molecule has 20 heavy (non-hydrogen) atoms. The lowest BCUT2D eigenvalue weighted by atomic mass is 10.1. The van der Waals surface area contributed by atoms with E-state index >= 15 is 0 Å². The first kappa shape index (κ1) is 12.4. The van der Waals surface area contributed by atoms with Gasteiger partial charge in [0.15, 0.2) is 0 Å². The van der Waals surface area contributed by atoms with Crippen LogP contribution < -0.4 is 5.73 Å². The Balaban J connectivity index is 2.18. The highest BCUT2D eigenvalue weighted by atomic mass is 19.1. The highest BCUT2D eigenvalue weighted by Crippen LogP contribution is 2.28. The summed E-state index contributed by atoms with van der Waals surface area (Å²) in [5.41, 5.74) is 9.21. The molecular formula is C16H14FN3. The number of halogens is 1. The molecule has 1 aromatic heterocycles. The second-order valence-corrected chi connectivity index (χ2v) is 4.65. The van der Waals surface area contributed by atoms with Gasteiger partial charge in [0, 0.05) is 11.3 Å². The van der Waals surface area contributed by atoms with Crippen LogP contribution in [-0.2, 0) is 0 Å². The minimum Gasteiger partial charge on any atom is -0.398 e. The van der Waals surface area contributed by atoms with Crippen LogP contribution in [0.1, 0.15) is 5.56 Å². The van der Waals surface area contributed by atoms with Crippen molar-refractivity contribution in [3.05, 3.63) is 66.1 Å². The van der Waals surface area contributed by atoms with Crippen LogP contribution >= 0.6 is 0 Å². The van der Waals surface area contributed by atoms with Gasteiger partial charge in [-0.05, 0) is 42.8 Å². The molecule has 3 rings (SSSR count). The van der Waals surface area contributed by atoms with E-state index in [-0.39, 0.29) is 5.82 Å². The molecule has 0 spiro atoms. The van der Waals surface area contributed by atoms with Crippen molar-refractivity contribution in [2.45, 2.75) is 6.92 Å². The number of anilines is 1. The molecule has 0 aliphatic heterocycles. The number of hydrogen-bond donors (Lipinski definition) is 1. The van der Waals surface area contributed by atoms with Crippen molar-refractivity contribution in [1.82, 2.24) is 9.78 Å². The van der Waals surface area contributed by atoms with Crippen molar-refractivity contribution in [2.75, 3.05) is 5.73 Å². The lowest BCUT2D eigenvalue weighted by molar-refractivity contribution is 0.628. The van der Waals surface area contributed by atoms with Crippen LogP contribution in [-0.4, -0.2) is 9.78 Å². The maximum absolute atomic E-state index is 14.2. The van der Waals surface area contributed by atoms with E-state index in [1.54, 1.807) is 29.9 Å². The molecule has 2 N–H and O–H groups in total. The number of rotatable bonds is 2. The summed E-state index contributed by atoms with van der Waals surface area (Å²) in [7, 11) is 0. The maximum atomic E-state index is 14.2. The molecule has 0 saturated carbocycles. The van der Waals surface area contributed by atoms with Crippen molar-refractivity contribution in [3.8, 4) is 16.9 Å². The van der Waals surface area contributed by atoms with Crippen LogP contribution in [0.15, 0.2) is 54.7 Å². The van der Waals surface area contributed by atoms with E-state index in [0.717, 1.165) is 11.3 Å².